The molecular formula is C15H16N4O. The van der Waals surface area contributed by atoms with Crippen molar-refractivity contribution in [1.82, 2.24) is 14.4 Å². The van der Waals surface area contributed by atoms with Gasteiger partial charge in [0.05, 0.1) is 7.11 Å². The molecule has 3 rings (SSSR count). The fourth-order valence-electron chi connectivity index (χ4n) is 2.24. The van der Waals surface area contributed by atoms with Crippen LogP contribution in [0, 0.1) is 0 Å². The first-order valence-electron chi connectivity index (χ1n) is 6.50. The lowest BCUT2D eigenvalue weighted by atomic mass is 10.1. The second kappa shape index (κ2) is 5.30. The number of rotatable bonds is 4. The average Bonchev–Trinajstić information content (AvgIpc) is 2.87. The van der Waals surface area contributed by atoms with Gasteiger partial charge in [0.15, 0.2) is 5.65 Å². The van der Waals surface area contributed by atoms with Crippen molar-refractivity contribution in [1.29, 1.82) is 0 Å². The standard InChI is InChI=1S/C15H16N4O/c1-20-12-5-3-11(4-6-12)14-15-17-9-2-10-19(15)13(18-14)7-8-16/h2-6,9-10H,7-8,16H2,1H3. The highest BCUT2D eigenvalue weighted by Crippen LogP contribution is 2.25. The molecule has 0 aliphatic rings. The maximum absolute atomic E-state index is 5.65. The van der Waals surface area contributed by atoms with Crippen molar-refractivity contribution < 1.29 is 4.74 Å². The molecule has 0 atom stereocenters. The molecule has 2 N–H and O–H groups in total. The molecule has 0 saturated carbocycles. The number of nitrogens with two attached hydrogens (primary N) is 1. The number of aromatic nitrogens is 3. The summed E-state index contributed by atoms with van der Waals surface area (Å²) in [5.74, 6) is 1.76. The fourth-order valence-corrected chi connectivity index (χ4v) is 2.24. The number of nitrogens with zero attached hydrogens (tertiary/aromatic N) is 3. The molecule has 0 aliphatic heterocycles. The van der Waals surface area contributed by atoms with Crippen LogP contribution in [0.15, 0.2) is 42.7 Å². The van der Waals surface area contributed by atoms with Crippen molar-refractivity contribution in [2.45, 2.75) is 6.42 Å². The van der Waals surface area contributed by atoms with Gasteiger partial charge in [0.25, 0.3) is 0 Å². The molecular weight excluding hydrogens is 252 g/mol. The zero-order chi connectivity index (χ0) is 13.9. The van der Waals surface area contributed by atoms with Gasteiger partial charge in [-0.25, -0.2) is 9.97 Å². The molecule has 0 spiro atoms. The number of hydrogen-bond donors (Lipinski definition) is 1. The summed E-state index contributed by atoms with van der Waals surface area (Å²) in [6, 6.07) is 9.72. The van der Waals surface area contributed by atoms with E-state index in [1.807, 2.05) is 40.9 Å². The maximum atomic E-state index is 5.65. The molecule has 0 saturated heterocycles. The molecule has 0 amide bonds. The normalized spacial score (nSPS) is 10.9. The predicted molar refractivity (Wildman–Crippen MR) is 77.7 cm³/mol. The third-order valence-corrected chi connectivity index (χ3v) is 3.21. The van der Waals surface area contributed by atoms with Crippen LogP contribution in [0.25, 0.3) is 16.9 Å². The summed E-state index contributed by atoms with van der Waals surface area (Å²) in [4.78, 5) is 9.12. The Balaban J connectivity index is 2.14. The Morgan fingerprint density at radius 2 is 2.05 bits per heavy atom. The molecule has 3 aromatic rings. The van der Waals surface area contributed by atoms with Crippen molar-refractivity contribution >= 4 is 5.65 Å². The van der Waals surface area contributed by atoms with Gasteiger partial charge in [0, 0.05) is 24.4 Å². The van der Waals surface area contributed by atoms with E-state index in [1.54, 1.807) is 13.3 Å². The highest BCUT2D eigenvalue weighted by atomic mass is 16.5. The number of fused-ring (bicyclic) bond motifs is 1. The molecule has 5 nitrogen and oxygen atoms in total. The first kappa shape index (κ1) is 12.6. The van der Waals surface area contributed by atoms with Gasteiger partial charge in [-0.1, -0.05) is 0 Å². The zero-order valence-corrected chi connectivity index (χ0v) is 11.3. The Morgan fingerprint density at radius 3 is 2.75 bits per heavy atom. The predicted octanol–water partition coefficient (Wildman–Crippen LogP) is 1.91. The van der Waals surface area contributed by atoms with Gasteiger partial charge in [0.2, 0.25) is 0 Å². The Hall–Kier alpha value is -2.40. The largest absolute Gasteiger partial charge is 0.497 e. The fraction of sp³-hybridized carbons (Fsp3) is 0.200. The minimum Gasteiger partial charge on any atom is -0.497 e. The molecule has 20 heavy (non-hydrogen) atoms. The lowest BCUT2D eigenvalue weighted by Gasteiger charge is -2.01. The quantitative estimate of drug-likeness (QED) is 0.785. The van der Waals surface area contributed by atoms with Crippen molar-refractivity contribution in [3.8, 4) is 17.0 Å². The average molecular weight is 268 g/mol. The highest BCUT2D eigenvalue weighted by Gasteiger charge is 2.13. The van der Waals surface area contributed by atoms with Crippen LogP contribution >= 0.6 is 0 Å². The monoisotopic (exact) mass is 268 g/mol. The van der Waals surface area contributed by atoms with Crippen LogP contribution in [0.5, 0.6) is 5.75 Å². The van der Waals surface area contributed by atoms with E-state index in [2.05, 4.69) is 9.97 Å². The van der Waals surface area contributed by atoms with Crippen molar-refractivity contribution in [3.63, 3.8) is 0 Å². The summed E-state index contributed by atoms with van der Waals surface area (Å²) in [7, 11) is 1.65. The molecule has 2 aromatic heterocycles. The van der Waals surface area contributed by atoms with E-state index in [-0.39, 0.29) is 0 Å². The highest BCUT2D eigenvalue weighted by molar-refractivity contribution is 5.74. The molecule has 102 valence electrons. The minimum absolute atomic E-state index is 0.566. The first-order chi connectivity index (χ1) is 9.83. The Bertz CT molecular complexity index is 718. The molecule has 1 aromatic carbocycles. The number of ether oxygens (including phenoxy) is 1. The summed E-state index contributed by atoms with van der Waals surface area (Å²) in [6.45, 7) is 0.566. The second-order valence-corrected chi connectivity index (χ2v) is 4.46. The number of benzene rings is 1. The van der Waals surface area contributed by atoms with E-state index in [9.17, 15) is 0 Å². The molecule has 2 heterocycles. The van der Waals surface area contributed by atoms with E-state index in [0.717, 1.165) is 34.9 Å². The van der Waals surface area contributed by atoms with Gasteiger partial charge >= 0.3 is 0 Å². The van der Waals surface area contributed by atoms with Gasteiger partial charge in [0.1, 0.15) is 17.3 Å². The van der Waals surface area contributed by atoms with E-state index in [1.165, 1.54) is 0 Å². The van der Waals surface area contributed by atoms with Crippen LogP contribution in [0.3, 0.4) is 0 Å². The molecule has 5 heteroatoms. The van der Waals surface area contributed by atoms with Crippen molar-refractivity contribution in [3.05, 3.63) is 48.5 Å². The lowest BCUT2D eigenvalue weighted by Crippen LogP contribution is -2.06. The summed E-state index contributed by atoms with van der Waals surface area (Å²) >= 11 is 0. The topological polar surface area (TPSA) is 65.4 Å². The number of hydrogen-bond acceptors (Lipinski definition) is 4. The molecule has 0 unspecified atom stereocenters. The van der Waals surface area contributed by atoms with E-state index >= 15 is 0 Å². The van der Waals surface area contributed by atoms with Crippen LogP contribution in [-0.4, -0.2) is 28.0 Å². The summed E-state index contributed by atoms with van der Waals surface area (Å²) in [6.07, 6.45) is 4.46. The van der Waals surface area contributed by atoms with Crippen molar-refractivity contribution in [2.75, 3.05) is 13.7 Å². The summed E-state index contributed by atoms with van der Waals surface area (Å²) < 4.78 is 7.17. The smallest absolute Gasteiger partial charge is 0.164 e. The van der Waals surface area contributed by atoms with Gasteiger partial charge in [-0.15, -0.1) is 0 Å². The molecule has 0 fully saturated rings. The third kappa shape index (κ3) is 2.12. The van der Waals surface area contributed by atoms with Gasteiger partial charge in [-0.2, -0.15) is 0 Å². The lowest BCUT2D eigenvalue weighted by molar-refractivity contribution is 0.415. The maximum Gasteiger partial charge on any atom is 0.164 e. The number of methoxy groups -OCH3 is 1. The van der Waals surface area contributed by atoms with Gasteiger partial charge in [-0.05, 0) is 36.9 Å². The summed E-state index contributed by atoms with van der Waals surface area (Å²) in [5, 5.41) is 0. The van der Waals surface area contributed by atoms with Crippen LogP contribution in [-0.2, 0) is 6.42 Å². The zero-order valence-electron chi connectivity index (χ0n) is 11.3. The Morgan fingerprint density at radius 1 is 1.25 bits per heavy atom. The van der Waals surface area contributed by atoms with Crippen LogP contribution in [0.2, 0.25) is 0 Å². The molecule has 0 bridgehead atoms. The third-order valence-electron chi connectivity index (χ3n) is 3.21. The molecule has 0 radical (unpaired) electrons. The Kier molecular flexibility index (Phi) is 3.35. The van der Waals surface area contributed by atoms with E-state index in [4.69, 9.17) is 10.5 Å². The second-order valence-electron chi connectivity index (χ2n) is 4.46. The summed E-state index contributed by atoms with van der Waals surface area (Å²) in [5.41, 5.74) is 8.39. The van der Waals surface area contributed by atoms with Crippen molar-refractivity contribution in [2.24, 2.45) is 5.73 Å². The van der Waals surface area contributed by atoms with Crippen LogP contribution in [0.1, 0.15) is 5.82 Å². The SMILES string of the molecule is COc1ccc(-c2nc(CCN)n3cccnc23)cc1. The number of imidazole rings is 1. The van der Waals surface area contributed by atoms with Gasteiger partial charge in [-0.3, -0.25) is 4.40 Å². The van der Waals surface area contributed by atoms with E-state index in [0.29, 0.717) is 6.54 Å². The van der Waals surface area contributed by atoms with E-state index < -0.39 is 0 Å². The Labute approximate surface area is 117 Å². The first-order valence-corrected chi connectivity index (χ1v) is 6.50. The molecule has 0 aliphatic carbocycles. The van der Waals surface area contributed by atoms with Crippen LogP contribution < -0.4 is 10.5 Å². The minimum atomic E-state index is 0.566. The van der Waals surface area contributed by atoms with Gasteiger partial charge < -0.3 is 10.5 Å². The van der Waals surface area contributed by atoms with Crippen LogP contribution in [0.4, 0.5) is 0 Å².